The van der Waals surface area contributed by atoms with E-state index < -0.39 is 0 Å². The van der Waals surface area contributed by atoms with E-state index in [4.69, 9.17) is 4.74 Å². The van der Waals surface area contributed by atoms with Crippen molar-refractivity contribution in [1.82, 2.24) is 25.5 Å². The Morgan fingerprint density at radius 2 is 2.00 bits per heavy atom. The van der Waals surface area contributed by atoms with Crippen molar-refractivity contribution in [1.29, 1.82) is 0 Å². The number of nitrogens with one attached hydrogen (secondary N) is 1. The number of tetrazole rings is 1. The van der Waals surface area contributed by atoms with Crippen LogP contribution in [-0.2, 0) is 16.8 Å². The molecule has 1 N–H and O–H groups in total. The first-order valence-electron chi connectivity index (χ1n) is 7.71. The molecule has 0 aliphatic carbocycles. The molecule has 2 rings (SSSR count). The summed E-state index contributed by atoms with van der Waals surface area (Å²) in [5, 5.41) is 15.2. The van der Waals surface area contributed by atoms with Gasteiger partial charge in [0.2, 0.25) is 11.1 Å². The van der Waals surface area contributed by atoms with E-state index in [1.54, 1.807) is 11.8 Å². The van der Waals surface area contributed by atoms with Crippen molar-refractivity contribution in [3.8, 4) is 5.75 Å². The minimum absolute atomic E-state index is 0.0306. The van der Waals surface area contributed by atoms with Gasteiger partial charge in [-0.1, -0.05) is 23.9 Å². The molecule has 0 aliphatic rings. The largest absolute Gasteiger partial charge is 0.497 e. The predicted octanol–water partition coefficient (Wildman–Crippen LogP) is 1.89. The van der Waals surface area contributed by atoms with Gasteiger partial charge in [0.05, 0.1) is 18.4 Å². The highest BCUT2D eigenvalue weighted by Gasteiger charge is 2.20. The summed E-state index contributed by atoms with van der Waals surface area (Å²) in [6.07, 6.45) is 0.778. The van der Waals surface area contributed by atoms with E-state index in [2.05, 4.69) is 20.8 Å². The lowest BCUT2D eigenvalue weighted by Gasteiger charge is -2.19. The Morgan fingerprint density at radius 1 is 1.29 bits per heavy atom. The molecule has 130 valence electrons. The molecule has 8 heteroatoms. The number of carbonyl (C=O) groups is 1. The van der Waals surface area contributed by atoms with E-state index in [1.807, 2.05) is 45.0 Å². The van der Waals surface area contributed by atoms with Crippen molar-refractivity contribution in [2.24, 2.45) is 0 Å². The molecule has 1 aromatic carbocycles. The maximum atomic E-state index is 12.0. The van der Waals surface area contributed by atoms with Crippen LogP contribution in [0.2, 0.25) is 0 Å². The molecule has 0 radical (unpaired) electrons. The Bertz CT molecular complexity index is 664. The number of methoxy groups -OCH3 is 1. The third-order valence-corrected chi connectivity index (χ3v) is 4.22. The van der Waals surface area contributed by atoms with Gasteiger partial charge >= 0.3 is 0 Å². The summed E-state index contributed by atoms with van der Waals surface area (Å²) in [6, 6.07) is 7.83. The van der Waals surface area contributed by atoms with Crippen molar-refractivity contribution in [2.75, 3.05) is 19.4 Å². The molecule has 1 heterocycles. The number of ether oxygens (including phenoxy) is 1. The van der Waals surface area contributed by atoms with E-state index in [-0.39, 0.29) is 11.4 Å². The van der Waals surface area contributed by atoms with E-state index in [9.17, 15) is 4.79 Å². The summed E-state index contributed by atoms with van der Waals surface area (Å²) >= 11 is 1.34. The summed E-state index contributed by atoms with van der Waals surface area (Å²) in [5.74, 6) is 1.09. The van der Waals surface area contributed by atoms with E-state index in [1.165, 1.54) is 11.8 Å². The van der Waals surface area contributed by atoms with Crippen LogP contribution in [0.1, 0.15) is 26.3 Å². The zero-order valence-corrected chi connectivity index (χ0v) is 15.3. The van der Waals surface area contributed by atoms with Gasteiger partial charge in [-0.05, 0) is 55.3 Å². The molecule has 0 aliphatic heterocycles. The molecule has 1 aromatic heterocycles. The maximum absolute atomic E-state index is 12.0. The normalized spacial score (nSPS) is 11.3. The monoisotopic (exact) mass is 349 g/mol. The smallest absolute Gasteiger partial charge is 0.230 e. The lowest BCUT2D eigenvalue weighted by molar-refractivity contribution is -0.118. The zero-order valence-electron chi connectivity index (χ0n) is 14.4. The second kappa shape index (κ2) is 8.14. The summed E-state index contributed by atoms with van der Waals surface area (Å²) < 4.78 is 6.85. The molecule has 0 spiro atoms. The minimum Gasteiger partial charge on any atom is -0.497 e. The molecule has 0 atom stereocenters. The molecule has 7 nitrogen and oxygen atoms in total. The lowest BCUT2D eigenvalue weighted by Crippen LogP contribution is -2.28. The van der Waals surface area contributed by atoms with Crippen molar-refractivity contribution < 1.29 is 9.53 Å². The Hall–Kier alpha value is -2.09. The molecule has 2 aromatic rings. The average Bonchev–Trinajstić information content (AvgIpc) is 3.02. The number of hydrogen-bond acceptors (Lipinski definition) is 6. The predicted molar refractivity (Wildman–Crippen MR) is 93.2 cm³/mol. The molecule has 0 saturated heterocycles. The van der Waals surface area contributed by atoms with E-state index in [0.717, 1.165) is 17.7 Å². The maximum Gasteiger partial charge on any atom is 0.230 e. The third kappa shape index (κ3) is 5.23. The van der Waals surface area contributed by atoms with Crippen LogP contribution in [0.15, 0.2) is 29.4 Å². The number of nitrogens with zero attached hydrogens (tertiary/aromatic N) is 4. The Balaban J connectivity index is 1.75. The van der Waals surface area contributed by atoms with Gasteiger partial charge in [-0.15, -0.1) is 5.10 Å². The topological polar surface area (TPSA) is 81.9 Å². The van der Waals surface area contributed by atoms with Gasteiger partial charge in [-0.3, -0.25) is 4.79 Å². The summed E-state index contributed by atoms with van der Waals surface area (Å²) in [5.41, 5.74) is 0.942. The highest BCUT2D eigenvalue weighted by Crippen LogP contribution is 2.21. The molecule has 0 fully saturated rings. The first-order valence-corrected chi connectivity index (χ1v) is 8.70. The van der Waals surface area contributed by atoms with Gasteiger partial charge in [0, 0.05) is 6.54 Å². The molecule has 0 unspecified atom stereocenters. The SMILES string of the molecule is COc1ccc(CCNC(=O)CSc2nnnn2C(C)(C)C)cc1. The van der Waals surface area contributed by atoms with E-state index >= 15 is 0 Å². The fraction of sp³-hybridized carbons (Fsp3) is 0.500. The number of thioether (sulfide) groups is 1. The average molecular weight is 349 g/mol. The van der Waals surface area contributed by atoms with Crippen LogP contribution < -0.4 is 10.1 Å². The van der Waals surface area contributed by atoms with Crippen LogP contribution in [-0.4, -0.2) is 45.5 Å². The summed E-state index contributed by atoms with van der Waals surface area (Å²) in [7, 11) is 1.64. The third-order valence-electron chi connectivity index (χ3n) is 3.30. The summed E-state index contributed by atoms with van der Waals surface area (Å²) in [6.45, 7) is 6.64. The fourth-order valence-corrected chi connectivity index (χ4v) is 2.90. The standard InChI is InChI=1S/C16H23N5O2S/c1-16(2,3)21-15(18-19-20-21)24-11-14(22)17-10-9-12-5-7-13(23-4)8-6-12/h5-8H,9-11H2,1-4H3,(H,17,22). The van der Waals surface area contributed by atoms with Crippen LogP contribution in [0.3, 0.4) is 0 Å². The molecule has 0 saturated carbocycles. The fourth-order valence-electron chi connectivity index (χ4n) is 2.01. The van der Waals surface area contributed by atoms with Crippen molar-refractivity contribution >= 4 is 17.7 Å². The van der Waals surface area contributed by atoms with Gasteiger partial charge < -0.3 is 10.1 Å². The second-order valence-corrected chi connectivity index (χ2v) is 7.22. The molecular weight excluding hydrogens is 326 g/mol. The number of carbonyl (C=O) groups excluding carboxylic acids is 1. The zero-order chi connectivity index (χ0) is 17.6. The number of rotatable bonds is 7. The number of hydrogen-bond donors (Lipinski definition) is 1. The molecule has 1 amide bonds. The molecule has 24 heavy (non-hydrogen) atoms. The Morgan fingerprint density at radius 3 is 2.62 bits per heavy atom. The van der Waals surface area contributed by atoms with Crippen LogP contribution in [0, 0.1) is 0 Å². The first kappa shape index (κ1) is 18.3. The highest BCUT2D eigenvalue weighted by molar-refractivity contribution is 7.99. The van der Waals surface area contributed by atoms with Gasteiger partial charge in [-0.2, -0.15) is 0 Å². The summed E-state index contributed by atoms with van der Waals surface area (Å²) in [4.78, 5) is 12.0. The van der Waals surface area contributed by atoms with Crippen LogP contribution in [0.25, 0.3) is 0 Å². The van der Waals surface area contributed by atoms with Crippen molar-refractivity contribution in [2.45, 2.75) is 37.9 Å². The minimum atomic E-state index is -0.212. The molecule has 0 bridgehead atoms. The van der Waals surface area contributed by atoms with Crippen LogP contribution in [0.4, 0.5) is 0 Å². The van der Waals surface area contributed by atoms with Crippen molar-refractivity contribution in [3.63, 3.8) is 0 Å². The Labute approximate surface area is 146 Å². The Kier molecular flexibility index (Phi) is 6.19. The number of aromatic nitrogens is 4. The van der Waals surface area contributed by atoms with Gasteiger partial charge in [0.1, 0.15) is 5.75 Å². The molecular formula is C16H23N5O2S. The van der Waals surface area contributed by atoms with Gasteiger partial charge in [0.25, 0.3) is 0 Å². The van der Waals surface area contributed by atoms with Crippen LogP contribution >= 0.6 is 11.8 Å². The van der Waals surface area contributed by atoms with Gasteiger partial charge in [0.15, 0.2) is 0 Å². The quantitative estimate of drug-likeness (QED) is 0.769. The first-order chi connectivity index (χ1) is 11.4. The second-order valence-electron chi connectivity index (χ2n) is 6.28. The van der Waals surface area contributed by atoms with E-state index in [0.29, 0.717) is 17.5 Å². The number of amides is 1. The van der Waals surface area contributed by atoms with Gasteiger partial charge in [-0.25, -0.2) is 4.68 Å². The van der Waals surface area contributed by atoms with Crippen LogP contribution in [0.5, 0.6) is 5.75 Å². The number of benzene rings is 1. The van der Waals surface area contributed by atoms with Crippen molar-refractivity contribution in [3.05, 3.63) is 29.8 Å². The lowest BCUT2D eigenvalue weighted by atomic mass is 10.1. The highest BCUT2D eigenvalue weighted by atomic mass is 32.2.